The fraction of sp³-hybridized carbons (Fsp3) is 0.0385. The number of aryl methyl sites for hydroxylation is 1. The van der Waals surface area contributed by atoms with E-state index in [1.54, 1.807) is 0 Å². The molecular weight excluding hydrogens is 418 g/mol. The highest BCUT2D eigenvalue weighted by atomic mass is 35.5. The third kappa shape index (κ3) is 3.74. The highest BCUT2D eigenvalue weighted by Crippen LogP contribution is 2.30. The van der Waals surface area contributed by atoms with Crippen molar-refractivity contribution in [1.29, 1.82) is 0 Å². The van der Waals surface area contributed by atoms with Gasteiger partial charge in [-0.3, -0.25) is 0 Å². The van der Waals surface area contributed by atoms with E-state index in [0.29, 0.717) is 0 Å². The number of nitrogens with zero attached hydrogens (tertiary/aromatic N) is 3. The topological polar surface area (TPSA) is 61.2 Å². The van der Waals surface area contributed by atoms with Crippen LogP contribution in [-0.4, -0.2) is 19.9 Å². The van der Waals surface area contributed by atoms with E-state index in [4.69, 9.17) is 9.97 Å². The molecule has 0 saturated heterocycles. The van der Waals surface area contributed by atoms with Gasteiger partial charge in [-0.2, -0.15) is 0 Å². The monoisotopic (exact) mass is 437 g/mol. The number of fused-ring (bicyclic) bond motifs is 8. The molecule has 0 saturated carbocycles. The van der Waals surface area contributed by atoms with Crippen LogP contribution in [0.2, 0.25) is 0 Å². The average molecular weight is 438 g/mol. The molecule has 6 heteroatoms. The summed E-state index contributed by atoms with van der Waals surface area (Å²) in [6.45, 7) is 0. The van der Waals surface area contributed by atoms with E-state index in [-0.39, 0.29) is 12.4 Å². The quantitative estimate of drug-likeness (QED) is 0.387. The Bertz CT molecular complexity index is 1450. The van der Waals surface area contributed by atoms with Crippen LogP contribution in [0.4, 0.5) is 0 Å². The van der Waals surface area contributed by atoms with Gasteiger partial charge in [-0.25, -0.2) is 14.5 Å². The molecule has 6 rings (SSSR count). The molecule has 32 heavy (non-hydrogen) atoms. The van der Waals surface area contributed by atoms with Gasteiger partial charge in [0.1, 0.15) is 7.05 Å². The van der Waals surface area contributed by atoms with Crippen LogP contribution in [0.15, 0.2) is 67.0 Å². The predicted molar refractivity (Wildman–Crippen MR) is 125 cm³/mol. The molecule has 0 aliphatic carbocycles. The van der Waals surface area contributed by atoms with Crippen LogP contribution in [0.3, 0.4) is 0 Å². The minimum Gasteiger partial charge on any atom is -1.00 e. The zero-order valence-electron chi connectivity index (χ0n) is 17.4. The van der Waals surface area contributed by atoms with Crippen LogP contribution in [0.25, 0.3) is 57.5 Å². The molecule has 156 valence electrons. The lowest BCUT2D eigenvalue weighted by Gasteiger charge is -2.03. The maximum absolute atomic E-state index is 4.91. The van der Waals surface area contributed by atoms with E-state index < -0.39 is 0 Å². The Labute approximate surface area is 191 Å². The van der Waals surface area contributed by atoms with Gasteiger partial charge in [-0.05, 0) is 72.3 Å². The maximum atomic E-state index is 4.91. The van der Waals surface area contributed by atoms with Crippen LogP contribution in [0.1, 0.15) is 22.8 Å². The highest BCUT2D eigenvalue weighted by Gasteiger charge is 2.14. The van der Waals surface area contributed by atoms with Gasteiger partial charge in [0.2, 0.25) is 0 Å². The number of halogens is 1. The molecule has 2 N–H and O–H groups in total. The van der Waals surface area contributed by atoms with Crippen molar-refractivity contribution in [2.24, 2.45) is 7.05 Å². The second kappa shape index (κ2) is 7.94. The molecule has 8 bridgehead atoms. The van der Waals surface area contributed by atoms with Gasteiger partial charge < -0.3 is 22.4 Å². The predicted octanol–water partition coefficient (Wildman–Crippen LogP) is 2.15. The van der Waals surface area contributed by atoms with Crippen molar-refractivity contribution >= 4 is 46.4 Å². The number of aromatic nitrogens is 5. The molecular formula is C26H20ClN5. The van der Waals surface area contributed by atoms with E-state index >= 15 is 0 Å². The average Bonchev–Trinajstić information content (AvgIpc) is 3.55. The molecule has 0 unspecified atom stereocenters. The second-order valence-electron chi connectivity index (χ2n) is 7.81. The van der Waals surface area contributed by atoms with Gasteiger partial charge in [-0.15, -0.1) is 0 Å². The zero-order valence-corrected chi connectivity index (χ0v) is 18.1. The van der Waals surface area contributed by atoms with Gasteiger partial charge in [-0.1, -0.05) is 0 Å². The smallest absolute Gasteiger partial charge is 0.169 e. The molecule has 0 amide bonds. The minimum absolute atomic E-state index is 0. The van der Waals surface area contributed by atoms with Gasteiger partial charge >= 0.3 is 0 Å². The lowest BCUT2D eigenvalue weighted by atomic mass is 10.0. The van der Waals surface area contributed by atoms with Gasteiger partial charge in [0, 0.05) is 39.8 Å². The van der Waals surface area contributed by atoms with Gasteiger partial charge in [0.25, 0.3) is 0 Å². The molecule has 0 spiro atoms. The number of aromatic amines is 2. The van der Waals surface area contributed by atoms with E-state index in [9.17, 15) is 0 Å². The second-order valence-corrected chi connectivity index (χ2v) is 7.81. The summed E-state index contributed by atoms with van der Waals surface area (Å²) in [4.78, 5) is 16.7. The van der Waals surface area contributed by atoms with E-state index in [2.05, 4.69) is 76.7 Å². The van der Waals surface area contributed by atoms with Crippen molar-refractivity contribution in [1.82, 2.24) is 19.9 Å². The number of nitrogens with one attached hydrogen (secondary N) is 2. The summed E-state index contributed by atoms with van der Waals surface area (Å²) in [5.41, 5.74) is 9.88. The van der Waals surface area contributed by atoms with Crippen LogP contribution >= 0.6 is 0 Å². The number of hydrogen-bond acceptors (Lipinski definition) is 2. The first-order chi connectivity index (χ1) is 15.2. The third-order valence-corrected chi connectivity index (χ3v) is 5.48. The fourth-order valence-electron chi connectivity index (χ4n) is 3.97. The number of H-pyrrole nitrogens is 2. The van der Waals surface area contributed by atoms with Crippen LogP contribution < -0.4 is 17.0 Å². The summed E-state index contributed by atoms with van der Waals surface area (Å²) in [5, 5.41) is 0. The summed E-state index contributed by atoms with van der Waals surface area (Å²) in [6, 6.07) is 18.7. The molecule has 4 aromatic rings. The van der Waals surface area contributed by atoms with Crippen molar-refractivity contribution in [3.8, 4) is 11.1 Å². The lowest BCUT2D eigenvalue weighted by molar-refractivity contribution is -0.671. The Morgan fingerprint density at radius 1 is 0.625 bits per heavy atom. The SMILES string of the molecule is C[n+]1ccc(-c2c3nc(cc4ccc(cc5ccc(cc6nc2C=C6)[nH]5)[nH]4)C=C3)cc1.[Cl-]. The minimum atomic E-state index is 0. The van der Waals surface area contributed by atoms with Crippen molar-refractivity contribution in [3.05, 3.63) is 89.8 Å². The molecule has 2 aliphatic heterocycles. The molecule has 6 heterocycles. The summed E-state index contributed by atoms with van der Waals surface area (Å²) in [6.07, 6.45) is 12.3. The van der Waals surface area contributed by atoms with E-state index in [0.717, 1.165) is 56.0 Å². The number of pyridine rings is 1. The van der Waals surface area contributed by atoms with Crippen molar-refractivity contribution in [3.63, 3.8) is 0 Å². The Balaban J connectivity index is 0.00000216. The Kier molecular flexibility index (Phi) is 4.96. The molecule has 0 aromatic carbocycles. The van der Waals surface area contributed by atoms with Crippen LogP contribution in [0.5, 0.6) is 0 Å². The molecule has 0 radical (unpaired) electrons. The molecule has 0 atom stereocenters. The Hall–Kier alpha value is -3.96. The fourth-order valence-corrected chi connectivity index (χ4v) is 3.97. The number of rotatable bonds is 1. The summed E-state index contributed by atoms with van der Waals surface area (Å²) < 4.78 is 2.03. The first-order valence-corrected chi connectivity index (χ1v) is 10.2. The molecule has 5 nitrogen and oxygen atoms in total. The van der Waals surface area contributed by atoms with Gasteiger partial charge in [0.05, 0.1) is 22.8 Å². The summed E-state index contributed by atoms with van der Waals surface area (Å²) >= 11 is 0. The normalized spacial score (nSPS) is 12.0. The first kappa shape index (κ1) is 20.0. The van der Waals surface area contributed by atoms with Crippen molar-refractivity contribution < 1.29 is 17.0 Å². The Morgan fingerprint density at radius 3 is 1.59 bits per heavy atom. The summed E-state index contributed by atoms with van der Waals surface area (Å²) in [7, 11) is 2.02. The first-order valence-electron chi connectivity index (χ1n) is 10.2. The van der Waals surface area contributed by atoms with E-state index in [1.807, 2.05) is 36.2 Å². The third-order valence-electron chi connectivity index (χ3n) is 5.48. The zero-order chi connectivity index (χ0) is 20.8. The van der Waals surface area contributed by atoms with Crippen LogP contribution in [-0.2, 0) is 7.05 Å². The van der Waals surface area contributed by atoms with Crippen molar-refractivity contribution in [2.45, 2.75) is 0 Å². The molecule has 0 fully saturated rings. The Morgan fingerprint density at radius 2 is 1.09 bits per heavy atom. The van der Waals surface area contributed by atoms with Crippen molar-refractivity contribution in [2.75, 3.05) is 0 Å². The molecule has 4 aromatic heterocycles. The van der Waals surface area contributed by atoms with Crippen LogP contribution in [0, 0.1) is 0 Å². The standard InChI is InChI=1S/C26H19N5.ClH/c1-31-12-10-17(11-13-31)26-24-8-6-22(29-24)15-20-4-2-18(27-20)14-19-3-5-21(28-19)16-23-7-9-25(26)30-23;/h2-16H,1H3,(H,27,28,29,30);1H. The lowest BCUT2D eigenvalue weighted by Crippen LogP contribution is -3.00. The number of hydrogen-bond donors (Lipinski definition) is 2. The largest absolute Gasteiger partial charge is 1.00 e. The summed E-state index contributed by atoms with van der Waals surface area (Å²) in [5.74, 6) is 0. The molecule has 2 aliphatic rings. The maximum Gasteiger partial charge on any atom is 0.169 e. The highest BCUT2D eigenvalue weighted by molar-refractivity contribution is 5.88. The van der Waals surface area contributed by atoms with E-state index in [1.165, 1.54) is 0 Å². The van der Waals surface area contributed by atoms with Gasteiger partial charge in [0.15, 0.2) is 12.4 Å².